The average Bonchev–Trinajstić information content (AvgIpc) is 1.36. The molecule has 0 rings (SSSR count). The van der Waals surface area contributed by atoms with E-state index in [0.29, 0.717) is 3.71 Å². The van der Waals surface area contributed by atoms with Crippen molar-refractivity contribution in [1.82, 2.24) is 3.71 Å². The third-order valence-electron chi connectivity index (χ3n) is 0.163. The van der Waals surface area contributed by atoms with Crippen molar-refractivity contribution in [2.45, 2.75) is 0 Å². The molecular weight excluding hydrogens is 145 g/mol. The molecule has 0 bridgehead atoms. The van der Waals surface area contributed by atoms with Gasteiger partial charge in [0.25, 0.3) is 0 Å². The van der Waals surface area contributed by atoms with Crippen LogP contribution in [0.5, 0.6) is 0 Å². The van der Waals surface area contributed by atoms with Gasteiger partial charge in [-0.1, -0.05) is 25.6 Å². The van der Waals surface area contributed by atoms with Crippen molar-refractivity contribution in [3.8, 4) is 0 Å². The van der Waals surface area contributed by atoms with Crippen molar-refractivity contribution in [2.24, 2.45) is 0 Å². The van der Waals surface area contributed by atoms with E-state index in [1.807, 2.05) is 0 Å². The Morgan fingerprint density at radius 2 is 1.71 bits per heavy atom. The van der Waals surface area contributed by atoms with Crippen LogP contribution >= 0.6 is 25.6 Å². The molecule has 0 aromatic heterocycles. The summed E-state index contributed by atoms with van der Waals surface area (Å²) in [7, 11) is 0. The summed E-state index contributed by atoms with van der Waals surface area (Å²) >= 11 is 6.46. The third-order valence-corrected chi connectivity index (χ3v) is 0.490. The summed E-state index contributed by atoms with van der Waals surface area (Å²) in [5, 5.41) is 9.36. The second-order valence-electron chi connectivity index (χ2n) is 0.555. The summed E-state index contributed by atoms with van der Waals surface area (Å²) in [5.41, 5.74) is 0. The van der Waals surface area contributed by atoms with Gasteiger partial charge in [0.2, 0.25) is 0 Å². The third kappa shape index (κ3) is 6.97. The zero-order chi connectivity index (χ0) is 5.15. The van der Waals surface area contributed by atoms with Crippen LogP contribution in [0.15, 0.2) is 0 Å². The van der Waals surface area contributed by atoms with E-state index in [1.165, 1.54) is 0 Å². The molecule has 0 aliphatic rings. The van der Waals surface area contributed by atoms with Gasteiger partial charge in [-0.25, -0.2) is 3.71 Å². The van der Waals surface area contributed by atoms with Crippen molar-refractivity contribution in [3.63, 3.8) is 0 Å². The van der Waals surface area contributed by atoms with Crippen molar-refractivity contribution < 1.29 is 39.5 Å². The van der Waals surface area contributed by atoms with Crippen molar-refractivity contribution >= 4 is 31.7 Å². The van der Waals surface area contributed by atoms with Gasteiger partial charge in [-0.15, -0.1) is 0 Å². The molecule has 0 saturated heterocycles. The van der Waals surface area contributed by atoms with Gasteiger partial charge >= 0.3 is 29.6 Å². The van der Waals surface area contributed by atoms with E-state index < -0.39 is 6.09 Å². The summed E-state index contributed by atoms with van der Waals surface area (Å²) in [6, 6.07) is 0. The molecule has 0 atom stereocenters. The van der Waals surface area contributed by atoms with Crippen LogP contribution in [0.25, 0.3) is 0 Å². The van der Waals surface area contributed by atoms with Crippen LogP contribution in [0.2, 0.25) is 0 Å². The van der Waals surface area contributed by atoms with E-state index in [1.54, 1.807) is 0 Å². The largest absolute Gasteiger partial charge is 1.00 e. The van der Waals surface area contributed by atoms with Gasteiger partial charge in [-0.2, -0.15) is 0 Å². The Hall–Kier alpha value is 0.970. The number of carbonyl (C=O) groups excluding carboxylic acids is 1. The fraction of sp³-hybridized carbons (Fsp3) is 0. The molecule has 0 aliphatic heterocycles. The second-order valence-corrected chi connectivity index (χ2v) is 1.67. The first-order valence-electron chi connectivity index (χ1n) is 1.03. The molecule has 0 spiro atoms. The van der Waals surface area contributed by atoms with Crippen LogP contribution in [0.1, 0.15) is 0 Å². The van der Waals surface area contributed by atoms with E-state index in [-0.39, 0.29) is 29.6 Å². The molecule has 0 unspecified atom stereocenters. The smallest absolute Gasteiger partial charge is 0.529 e. The zero-order valence-electron chi connectivity index (χ0n) is 3.66. The van der Waals surface area contributed by atoms with Crippen LogP contribution in [0, 0.1) is 0 Å². The predicted molar refractivity (Wildman–Crippen MR) is 25.2 cm³/mol. The molecule has 0 fully saturated rings. The molecular formula is CH2NNaO2S2. The van der Waals surface area contributed by atoms with E-state index in [4.69, 9.17) is 0 Å². The van der Waals surface area contributed by atoms with Crippen molar-refractivity contribution in [2.75, 3.05) is 0 Å². The number of rotatable bonds is 0. The molecule has 36 valence electrons. The minimum absolute atomic E-state index is 0. The maximum absolute atomic E-state index is 9.36. The molecule has 6 heteroatoms. The van der Waals surface area contributed by atoms with E-state index in [0.717, 1.165) is 0 Å². The number of thiol groups is 2. The number of carbonyl (C=O) groups is 1. The maximum atomic E-state index is 9.36. The Labute approximate surface area is 74.4 Å². The van der Waals surface area contributed by atoms with Crippen LogP contribution in [-0.4, -0.2) is 9.80 Å². The maximum Gasteiger partial charge on any atom is 1.00 e. The van der Waals surface area contributed by atoms with E-state index in [2.05, 4.69) is 25.6 Å². The van der Waals surface area contributed by atoms with Crippen LogP contribution in [0.4, 0.5) is 4.79 Å². The summed E-state index contributed by atoms with van der Waals surface area (Å²) in [5.74, 6) is 0. The van der Waals surface area contributed by atoms with Gasteiger partial charge in [-0.3, -0.25) is 0 Å². The number of amides is 1. The van der Waals surface area contributed by atoms with Crippen LogP contribution in [0.3, 0.4) is 0 Å². The van der Waals surface area contributed by atoms with Gasteiger partial charge in [0, 0.05) is 0 Å². The molecule has 0 aromatic carbocycles. The molecule has 0 aromatic rings. The Balaban J connectivity index is 0. The topological polar surface area (TPSA) is 43.4 Å². The Morgan fingerprint density at radius 3 is 1.71 bits per heavy atom. The Kier molecular flexibility index (Phi) is 7.94. The molecule has 0 N–H and O–H groups in total. The number of carboxylic acid groups (broad SMARTS) is 1. The predicted octanol–water partition coefficient (Wildman–Crippen LogP) is -3.67. The molecule has 0 heterocycles. The first-order valence-corrected chi connectivity index (χ1v) is 1.83. The molecule has 1 amide bonds. The zero-order valence-corrected chi connectivity index (χ0v) is 7.45. The molecule has 3 nitrogen and oxygen atoms in total. The van der Waals surface area contributed by atoms with Crippen molar-refractivity contribution in [3.05, 3.63) is 0 Å². The first kappa shape index (κ1) is 10.9. The fourth-order valence-electron chi connectivity index (χ4n) is 0. The van der Waals surface area contributed by atoms with Gasteiger partial charge in [0.15, 0.2) is 6.09 Å². The Bertz CT molecular complexity index is 66.7. The van der Waals surface area contributed by atoms with Crippen LogP contribution < -0.4 is 34.7 Å². The fourth-order valence-corrected chi connectivity index (χ4v) is 0. The minimum atomic E-state index is -1.43. The summed E-state index contributed by atoms with van der Waals surface area (Å²) in [6.07, 6.45) is -1.43. The standard InChI is InChI=1S/CH3NO2S2.Na/c3-1(4)2(5)6;/h5-6H,(H,3,4);/q;+1/p-1. The summed E-state index contributed by atoms with van der Waals surface area (Å²) in [6.45, 7) is 0. The Morgan fingerprint density at radius 1 is 1.57 bits per heavy atom. The molecule has 7 heavy (non-hydrogen) atoms. The van der Waals surface area contributed by atoms with Crippen LogP contribution in [-0.2, 0) is 0 Å². The normalized spacial score (nSPS) is 6.57. The molecule has 0 saturated carbocycles. The molecule has 0 radical (unpaired) electrons. The van der Waals surface area contributed by atoms with Crippen molar-refractivity contribution in [1.29, 1.82) is 0 Å². The SMILES string of the molecule is O=C([O-])N(S)S.[Na+]. The summed E-state index contributed by atoms with van der Waals surface area (Å²) < 4.78 is 0.361. The van der Waals surface area contributed by atoms with Gasteiger partial charge in [0.1, 0.15) is 0 Å². The second kappa shape index (κ2) is 5.11. The van der Waals surface area contributed by atoms with Gasteiger partial charge < -0.3 is 9.90 Å². The van der Waals surface area contributed by atoms with Gasteiger partial charge in [0.05, 0.1) is 0 Å². The molecule has 0 aliphatic carbocycles. The number of hydrogen-bond acceptors (Lipinski definition) is 4. The first-order chi connectivity index (χ1) is 2.64. The van der Waals surface area contributed by atoms with Gasteiger partial charge in [-0.05, 0) is 0 Å². The van der Waals surface area contributed by atoms with E-state index >= 15 is 0 Å². The quantitative estimate of drug-likeness (QED) is 0.274. The number of nitrogens with zero attached hydrogens (tertiary/aromatic N) is 1. The monoisotopic (exact) mass is 147 g/mol. The summed E-state index contributed by atoms with van der Waals surface area (Å²) in [4.78, 5) is 9.36. The van der Waals surface area contributed by atoms with E-state index in [9.17, 15) is 9.90 Å². The number of hydrogen-bond donors (Lipinski definition) is 2. The minimum Gasteiger partial charge on any atom is -0.529 e. The average molecular weight is 147 g/mol.